The molecule has 3 rings (SSSR count). The number of nitrogens with zero attached hydrogens (tertiary/aromatic N) is 3. The van der Waals surface area contributed by atoms with Gasteiger partial charge in [0.15, 0.2) is 0 Å². The van der Waals surface area contributed by atoms with E-state index in [-0.39, 0.29) is 70.6 Å². The van der Waals surface area contributed by atoms with Gasteiger partial charge >= 0.3 is 18.3 Å². The molecule has 0 aromatic heterocycles. The van der Waals surface area contributed by atoms with E-state index in [2.05, 4.69) is 57.5 Å². The Morgan fingerprint density at radius 3 is 1.02 bits per heavy atom. The second-order valence-electron chi connectivity index (χ2n) is 20.8. The third-order valence-electron chi connectivity index (χ3n) is 12.1. The molecule has 3 N–H and O–H groups in total. The highest BCUT2D eigenvalue weighted by atomic mass is 16.6. The van der Waals surface area contributed by atoms with Gasteiger partial charge in [0.2, 0.25) is 0 Å². The van der Waals surface area contributed by atoms with Crippen LogP contribution in [0.5, 0.6) is 0 Å². The summed E-state index contributed by atoms with van der Waals surface area (Å²) >= 11 is 0. The van der Waals surface area contributed by atoms with Crippen LogP contribution in [0.4, 0.5) is 14.4 Å². The fourth-order valence-corrected chi connectivity index (χ4v) is 10.6. The Bertz CT molecular complexity index is 1360. The van der Waals surface area contributed by atoms with Gasteiger partial charge < -0.3 is 44.4 Å². The molecule has 0 saturated heterocycles. The van der Waals surface area contributed by atoms with Gasteiger partial charge in [0.1, 0.15) is 38.1 Å². The summed E-state index contributed by atoms with van der Waals surface area (Å²) in [5.41, 5.74) is -2.41. The van der Waals surface area contributed by atoms with E-state index in [4.69, 9.17) is 44.2 Å². The third kappa shape index (κ3) is 15.2. The quantitative estimate of drug-likeness (QED) is 0.101. The van der Waals surface area contributed by atoms with E-state index in [0.717, 1.165) is 38.5 Å². The molecule has 57 heavy (non-hydrogen) atoms. The maximum Gasteiger partial charge on any atom is 0.407 e. The number of amides is 3. The number of nitriles is 3. The van der Waals surface area contributed by atoms with Crippen molar-refractivity contribution in [2.24, 2.45) is 37.9 Å². The summed E-state index contributed by atoms with van der Waals surface area (Å²) in [5.74, 6) is 0. The lowest BCUT2D eigenvalue weighted by molar-refractivity contribution is -0.0280. The molecule has 3 fully saturated rings. The number of alkyl carbamates (subject to hydrolysis) is 3. The van der Waals surface area contributed by atoms with Crippen LogP contribution in [-0.2, 0) is 28.4 Å². The molecule has 0 aliphatic heterocycles. The Kier molecular flexibility index (Phi) is 15.6. The van der Waals surface area contributed by atoms with E-state index in [0.29, 0.717) is 45.3 Å². The zero-order chi connectivity index (χ0) is 42.8. The van der Waals surface area contributed by atoms with Crippen LogP contribution < -0.4 is 16.0 Å². The Hall–Kier alpha value is -4.32. The van der Waals surface area contributed by atoms with E-state index in [1.807, 2.05) is 46.5 Å². The highest BCUT2D eigenvalue weighted by Crippen LogP contribution is 2.49. The molecule has 0 heterocycles. The fourth-order valence-electron chi connectivity index (χ4n) is 10.6. The molecule has 6 unspecified atom stereocenters. The van der Waals surface area contributed by atoms with Crippen molar-refractivity contribution in [1.29, 1.82) is 15.8 Å². The van der Waals surface area contributed by atoms with E-state index in [1.54, 1.807) is 0 Å². The normalized spacial score (nSPS) is 30.9. The first-order valence-electron chi connectivity index (χ1n) is 20.3. The van der Waals surface area contributed by atoms with Crippen LogP contribution in [0, 0.1) is 72.5 Å². The maximum absolute atomic E-state index is 13.2. The largest absolute Gasteiger partial charge is 0.449 e. The molecule has 3 saturated carbocycles. The van der Waals surface area contributed by atoms with Crippen LogP contribution in [0.1, 0.15) is 133 Å². The lowest BCUT2D eigenvalue weighted by atomic mass is 9.63. The minimum absolute atomic E-state index is 0.0965. The van der Waals surface area contributed by atoms with Gasteiger partial charge in [-0.2, -0.15) is 15.8 Å². The predicted octanol–water partition coefficient (Wildman–Crippen LogP) is 7.81. The summed E-state index contributed by atoms with van der Waals surface area (Å²) in [5, 5.41) is 36.0. The van der Waals surface area contributed by atoms with Gasteiger partial charge in [0.05, 0.1) is 5.41 Å². The van der Waals surface area contributed by atoms with Gasteiger partial charge in [-0.1, -0.05) is 69.2 Å². The van der Waals surface area contributed by atoms with Crippen molar-refractivity contribution in [2.45, 2.75) is 152 Å². The van der Waals surface area contributed by atoms with Crippen molar-refractivity contribution >= 4 is 18.3 Å². The van der Waals surface area contributed by atoms with Crippen LogP contribution in [0.3, 0.4) is 0 Å². The van der Waals surface area contributed by atoms with E-state index in [9.17, 15) is 14.4 Å². The Morgan fingerprint density at radius 2 is 0.789 bits per heavy atom. The van der Waals surface area contributed by atoms with Crippen LogP contribution in [0.2, 0.25) is 0 Å². The number of ether oxygens (including phenoxy) is 6. The maximum atomic E-state index is 13.2. The highest BCUT2D eigenvalue weighted by Gasteiger charge is 2.45. The number of hydrogen-bond acceptors (Lipinski definition) is 12. The smallest absolute Gasteiger partial charge is 0.407 e. The SMILES string of the molecule is CCC(COC(=O)NCC1(C)CC(OC#N)CC(C)(C)C1)(COC(=O)NCC1(C)CC(OC#N)CC(C)(C)C1)COC(=O)NCC1(C)CC(OC#N)CC(C)(C)C1. The van der Waals surface area contributed by atoms with E-state index >= 15 is 0 Å². The lowest BCUT2D eigenvalue weighted by Gasteiger charge is -2.45. The number of hydrogen-bond donors (Lipinski definition) is 3. The Labute approximate surface area is 340 Å². The zero-order valence-electron chi connectivity index (χ0n) is 36.1. The summed E-state index contributed by atoms with van der Waals surface area (Å²) in [7, 11) is 0. The molecule has 3 aliphatic rings. The average Bonchev–Trinajstić information content (AvgIpc) is 3.07. The van der Waals surface area contributed by atoms with Crippen LogP contribution in [0.15, 0.2) is 0 Å². The molecule has 15 heteroatoms. The number of rotatable bonds is 16. The second kappa shape index (κ2) is 19.0. The first kappa shape index (κ1) is 47.1. The van der Waals surface area contributed by atoms with E-state index in [1.165, 1.54) is 0 Å². The Balaban J connectivity index is 1.67. The monoisotopic (exact) mass is 801 g/mol. The van der Waals surface area contributed by atoms with Crippen molar-refractivity contribution in [3.8, 4) is 18.8 Å². The van der Waals surface area contributed by atoms with Crippen molar-refractivity contribution in [3.05, 3.63) is 0 Å². The third-order valence-corrected chi connectivity index (χ3v) is 12.1. The van der Waals surface area contributed by atoms with Crippen LogP contribution in [-0.4, -0.2) is 76.0 Å². The lowest BCUT2D eigenvalue weighted by Crippen LogP contribution is -2.48. The molecule has 0 aromatic carbocycles. The fraction of sp³-hybridized carbons (Fsp3) is 0.857. The number of carbonyl (C=O) groups is 3. The molecule has 6 atom stereocenters. The van der Waals surface area contributed by atoms with Crippen LogP contribution >= 0.6 is 0 Å². The predicted molar refractivity (Wildman–Crippen MR) is 209 cm³/mol. The van der Waals surface area contributed by atoms with Gasteiger partial charge in [-0.15, -0.1) is 0 Å². The molecule has 0 bridgehead atoms. The summed E-state index contributed by atoms with van der Waals surface area (Å²) in [6.45, 7) is 20.9. The second-order valence-corrected chi connectivity index (χ2v) is 20.8. The number of nitrogens with one attached hydrogen (secondary N) is 3. The minimum atomic E-state index is -1.08. The summed E-state index contributed by atoms with van der Waals surface area (Å²) in [6.07, 6.45) is 9.41. The average molecular weight is 801 g/mol. The highest BCUT2D eigenvalue weighted by molar-refractivity contribution is 5.68. The first-order valence-corrected chi connectivity index (χ1v) is 20.3. The first-order chi connectivity index (χ1) is 26.4. The standard InChI is InChI=1S/C42H68N6O9/c1-11-42(24-52-33(49)46-21-39(8)15-30(55-27-43)12-36(2,3)18-39,25-53-34(50)47-22-40(9)16-31(56-28-44)13-37(4,5)19-40)26-54-35(51)48-23-41(10)17-32(57-29-45)14-38(6,7)20-41/h30-32H,11-26H2,1-10H3,(H,46,49)(H,47,50)(H,48,51). The van der Waals surface area contributed by atoms with Gasteiger partial charge in [-0.05, 0) is 96.7 Å². The molecule has 3 amide bonds. The molecular formula is C42H68N6O9. The van der Waals surface area contributed by atoms with Crippen molar-refractivity contribution in [1.82, 2.24) is 16.0 Å². The molecule has 3 aliphatic carbocycles. The number of carbonyl (C=O) groups excluding carboxylic acids is 3. The molecule has 0 spiro atoms. The van der Waals surface area contributed by atoms with Gasteiger partial charge in [0.25, 0.3) is 18.8 Å². The summed E-state index contributed by atoms with van der Waals surface area (Å²) in [4.78, 5) is 39.6. The summed E-state index contributed by atoms with van der Waals surface area (Å²) in [6, 6.07) is 0. The zero-order valence-corrected chi connectivity index (χ0v) is 36.1. The van der Waals surface area contributed by atoms with Crippen molar-refractivity contribution < 1.29 is 42.8 Å². The molecule has 0 radical (unpaired) electrons. The minimum Gasteiger partial charge on any atom is -0.449 e. The topological polar surface area (TPSA) is 214 Å². The van der Waals surface area contributed by atoms with Gasteiger partial charge in [0, 0.05) is 19.6 Å². The molecule has 0 aromatic rings. The molecular weight excluding hydrogens is 732 g/mol. The summed E-state index contributed by atoms with van der Waals surface area (Å²) < 4.78 is 33.2. The van der Waals surface area contributed by atoms with Crippen molar-refractivity contribution in [2.75, 3.05) is 39.5 Å². The van der Waals surface area contributed by atoms with Crippen molar-refractivity contribution in [3.63, 3.8) is 0 Å². The van der Waals surface area contributed by atoms with Crippen LogP contribution in [0.25, 0.3) is 0 Å². The molecule has 320 valence electrons. The van der Waals surface area contributed by atoms with Gasteiger partial charge in [-0.25, -0.2) is 14.4 Å². The molecule has 15 nitrogen and oxygen atoms in total. The van der Waals surface area contributed by atoms with Gasteiger partial charge in [-0.3, -0.25) is 0 Å². The van der Waals surface area contributed by atoms with E-state index < -0.39 is 23.7 Å². The Morgan fingerprint density at radius 1 is 0.526 bits per heavy atom.